The van der Waals surface area contributed by atoms with Crippen molar-refractivity contribution in [3.8, 4) is 0 Å². The predicted octanol–water partition coefficient (Wildman–Crippen LogP) is 2.88. The number of nitrogens with one attached hydrogen (secondary N) is 1. The minimum absolute atomic E-state index is 0.114. The Kier molecular flexibility index (Phi) is 4.90. The van der Waals surface area contributed by atoms with Crippen LogP contribution in [-0.2, 0) is 13.5 Å². The summed E-state index contributed by atoms with van der Waals surface area (Å²) in [5, 5.41) is 7.59. The Labute approximate surface area is 119 Å². The largest absolute Gasteiger partial charge is 0.314 e. The van der Waals surface area contributed by atoms with E-state index in [-0.39, 0.29) is 11.7 Å². The summed E-state index contributed by atoms with van der Waals surface area (Å²) >= 11 is 0. The maximum Gasteiger partial charge on any atom is 0.126 e. The SMILES string of the molecule is CC(C)NCC(Cc1cnn(C)c1)c1ccccc1F. The van der Waals surface area contributed by atoms with Gasteiger partial charge in [-0.05, 0) is 23.6 Å². The molecule has 0 aliphatic heterocycles. The van der Waals surface area contributed by atoms with Crippen molar-refractivity contribution in [1.29, 1.82) is 0 Å². The molecule has 3 nitrogen and oxygen atoms in total. The summed E-state index contributed by atoms with van der Waals surface area (Å²) in [5.41, 5.74) is 1.90. The fraction of sp³-hybridized carbons (Fsp3) is 0.438. The molecule has 1 aromatic carbocycles. The van der Waals surface area contributed by atoms with Crippen LogP contribution in [0.3, 0.4) is 0 Å². The molecule has 0 spiro atoms. The number of aromatic nitrogens is 2. The third-order valence-corrected chi connectivity index (χ3v) is 3.36. The van der Waals surface area contributed by atoms with Crippen molar-refractivity contribution >= 4 is 0 Å². The highest BCUT2D eigenvalue weighted by atomic mass is 19.1. The van der Waals surface area contributed by atoms with Gasteiger partial charge in [-0.15, -0.1) is 0 Å². The Bertz CT molecular complexity index is 548. The van der Waals surface area contributed by atoms with Gasteiger partial charge in [0.2, 0.25) is 0 Å². The summed E-state index contributed by atoms with van der Waals surface area (Å²) in [6, 6.07) is 7.41. The molecule has 4 heteroatoms. The Morgan fingerprint density at radius 2 is 2.05 bits per heavy atom. The van der Waals surface area contributed by atoms with E-state index < -0.39 is 0 Å². The number of benzene rings is 1. The zero-order chi connectivity index (χ0) is 14.5. The predicted molar refractivity (Wildman–Crippen MR) is 79.2 cm³/mol. The molecule has 1 heterocycles. The van der Waals surface area contributed by atoms with Crippen LogP contribution in [-0.4, -0.2) is 22.4 Å². The molecule has 108 valence electrons. The molecular weight excluding hydrogens is 253 g/mol. The lowest BCUT2D eigenvalue weighted by Crippen LogP contribution is -2.29. The van der Waals surface area contributed by atoms with Gasteiger partial charge < -0.3 is 5.32 Å². The number of rotatable bonds is 6. The first-order valence-corrected chi connectivity index (χ1v) is 7.01. The fourth-order valence-corrected chi connectivity index (χ4v) is 2.34. The van der Waals surface area contributed by atoms with E-state index in [0.717, 1.165) is 24.1 Å². The lowest BCUT2D eigenvalue weighted by molar-refractivity contribution is 0.505. The summed E-state index contributed by atoms with van der Waals surface area (Å²) in [5.74, 6) is -0.0188. The maximum atomic E-state index is 14.0. The Morgan fingerprint density at radius 3 is 2.65 bits per heavy atom. The number of nitrogens with zero attached hydrogens (tertiary/aromatic N) is 2. The van der Waals surface area contributed by atoms with Gasteiger partial charge in [0.05, 0.1) is 6.20 Å². The third-order valence-electron chi connectivity index (χ3n) is 3.36. The van der Waals surface area contributed by atoms with Gasteiger partial charge >= 0.3 is 0 Å². The monoisotopic (exact) mass is 275 g/mol. The van der Waals surface area contributed by atoms with Crippen LogP contribution in [0.4, 0.5) is 4.39 Å². The molecule has 2 aromatic rings. The van der Waals surface area contributed by atoms with Crippen LogP contribution in [0.2, 0.25) is 0 Å². The fourth-order valence-electron chi connectivity index (χ4n) is 2.34. The summed E-state index contributed by atoms with van der Waals surface area (Å²) in [6.45, 7) is 4.96. The molecule has 0 amide bonds. The van der Waals surface area contributed by atoms with Crippen molar-refractivity contribution in [3.05, 3.63) is 53.6 Å². The molecule has 0 fully saturated rings. The van der Waals surface area contributed by atoms with Crippen LogP contribution < -0.4 is 5.32 Å². The molecule has 0 saturated carbocycles. The lowest BCUT2D eigenvalue weighted by Gasteiger charge is -2.19. The van der Waals surface area contributed by atoms with E-state index in [1.165, 1.54) is 6.07 Å². The van der Waals surface area contributed by atoms with Crippen LogP contribution in [0.1, 0.15) is 30.9 Å². The first kappa shape index (κ1) is 14.7. The van der Waals surface area contributed by atoms with Crippen LogP contribution in [0.25, 0.3) is 0 Å². The average molecular weight is 275 g/mol. The van der Waals surface area contributed by atoms with E-state index in [4.69, 9.17) is 0 Å². The first-order chi connectivity index (χ1) is 9.56. The van der Waals surface area contributed by atoms with Gasteiger partial charge in [0.25, 0.3) is 0 Å². The topological polar surface area (TPSA) is 29.9 Å². The molecule has 0 saturated heterocycles. The summed E-state index contributed by atoms with van der Waals surface area (Å²) in [4.78, 5) is 0. The molecule has 0 bridgehead atoms. The number of hydrogen-bond acceptors (Lipinski definition) is 2. The molecule has 0 radical (unpaired) electrons. The molecule has 1 unspecified atom stereocenters. The highest BCUT2D eigenvalue weighted by Crippen LogP contribution is 2.23. The minimum atomic E-state index is -0.132. The van der Waals surface area contributed by atoms with Gasteiger partial charge in [0, 0.05) is 31.7 Å². The highest BCUT2D eigenvalue weighted by Gasteiger charge is 2.17. The van der Waals surface area contributed by atoms with Gasteiger partial charge in [-0.1, -0.05) is 32.0 Å². The molecule has 1 aromatic heterocycles. The van der Waals surface area contributed by atoms with Crippen LogP contribution in [0, 0.1) is 5.82 Å². The Balaban J connectivity index is 2.18. The van der Waals surface area contributed by atoms with Crippen molar-refractivity contribution in [2.24, 2.45) is 7.05 Å². The Morgan fingerprint density at radius 1 is 1.30 bits per heavy atom. The number of halogens is 1. The molecule has 2 rings (SSSR count). The lowest BCUT2D eigenvalue weighted by atomic mass is 9.92. The normalized spacial score (nSPS) is 12.8. The van der Waals surface area contributed by atoms with Crippen LogP contribution in [0.5, 0.6) is 0 Å². The molecule has 20 heavy (non-hydrogen) atoms. The average Bonchev–Trinajstić information content (AvgIpc) is 2.81. The zero-order valence-corrected chi connectivity index (χ0v) is 12.3. The van der Waals surface area contributed by atoms with Gasteiger partial charge in [0.1, 0.15) is 5.82 Å². The number of hydrogen-bond donors (Lipinski definition) is 1. The minimum Gasteiger partial charge on any atom is -0.314 e. The second-order valence-electron chi connectivity index (χ2n) is 5.51. The van der Waals surface area contributed by atoms with Gasteiger partial charge in [-0.3, -0.25) is 4.68 Å². The van der Waals surface area contributed by atoms with Crippen molar-refractivity contribution in [1.82, 2.24) is 15.1 Å². The van der Waals surface area contributed by atoms with Crippen LogP contribution >= 0.6 is 0 Å². The van der Waals surface area contributed by atoms with Crippen LogP contribution in [0.15, 0.2) is 36.7 Å². The summed E-state index contributed by atoms with van der Waals surface area (Å²) < 4.78 is 15.8. The molecule has 0 aliphatic carbocycles. The highest BCUT2D eigenvalue weighted by molar-refractivity contribution is 5.24. The summed E-state index contributed by atoms with van der Waals surface area (Å²) in [6.07, 6.45) is 4.63. The first-order valence-electron chi connectivity index (χ1n) is 7.01. The van der Waals surface area contributed by atoms with Crippen molar-refractivity contribution in [3.63, 3.8) is 0 Å². The van der Waals surface area contributed by atoms with E-state index in [1.54, 1.807) is 10.7 Å². The molecule has 1 N–H and O–H groups in total. The van der Waals surface area contributed by atoms with E-state index in [9.17, 15) is 4.39 Å². The molecule has 1 atom stereocenters. The molecule has 0 aliphatic rings. The van der Waals surface area contributed by atoms with E-state index in [0.29, 0.717) is 6.04 Å². The van der Waals surface area contributed by atoms with Crippen molar-refractivity contribution in [2.75, 3.05) is 6.54 Å². The third kappa shape index (κ3) is 3.90. The second-order valence-corrected chi connectivity index (χ2v) is 5.51. The van der Waals surface area contributed by atoms with Gasteiger partial charge in [-0.25, -0.2) is 4.39 Å². The van der Waals surface area contributed by atoms with Gasteiger partial charge in [-0.2, -0.15) is 5.10 Å². The van der Waals surface area contributed by atoms with E-state index >= 15 is 0 Å². The quantitative estimate of drug-likeness (QED) is 0.878. The second kappa shape index (κ2) is 6.66. The number of aryl methyl sites for hydroxylation is 1. The van der Waals surface area contributed by atoms with E-state index in [2.05, 4.69) is 24.3 Å². The molecular formula is C16H22FN3. The smallest absolute Gasteiger partial charge is 0.126 e. The van der Waals surface area contributed by atoms with Crippen molar-refractivity contribution in [2.45, 2.75) is 32.2 Å². The zero-order valence-electron chi connectivity index (χ0n) is 12.3. The summed E-state index contributed by atoms with van der Waals surface area (Å²) in [7, 11) is 1.90. The standard InChI is InChI=1S/C16H22FN3/c1-12(2)18-10-14(8-13-9-19-20(3)11-13)15-6-4-5-7-16(15)17/h4-7,9,11-12,14,18H,8,10H2,1-3H3. The van der Waals surface area contributed by atoms with Gasteiger partial charge in [0.15, 0.2) is 0 Å². The maximum absolute atomic E-state index is 14.0. The van der Waals surface area contributed by atoms with Crippen molar-refractivity contribution < 1.29 is 4.39 Å². The van der Waals surface area contributed by atoms with E-state index in [1.807, 2.05) is 31.6 Å². The Hall–Kier alpha value is -1.68.